The molecule has 1 aliphatic carbocycles. The minimum Gasteiger partial charge on any atom is -0.490 e. The fraction of sp³-hybridized carbons (Fsp3) is 0.611. The highest BCUT2D eigenvalue weighted by Gasteiger charge is 2.22. The number of hydrogen-bond acceptors (Lipinski definition) is 4. The summed E-state index contributed by atoms with van der Waals surface area (Å²) in [5.74, 6) is 1.07. The smallest absolute Gasteiger partial charge is 0.208 e. The summed E-state index contributed by atoms with van der Waals surface area (Å²) in [5, 5.41) is 6.30. The second kappa shape index (κ2) is 9.89. The van der Waals surface area contributed by atoms with Crippen molar-refractivity contribution < 1.29 is 17.5 Å². The molecule has 1 aromatic carbocycles. The molecule has 0 radical (unpaired) electrons. The zero-order chi connectivity index (χ0) is 19.9. The van der Waals surface area contributed by atoms with Gasteiger partial charge < -0.3 is 15.4 Å². The third-order valence-corrected chi connectivity index (χ3v) is 4.94. The summed E-state index contributed by atoms with van der Waals surface area (Å²) < 4.78 is 44.2. The van der Waals surface area contributed by atoms with Gasteiger partial charge in [0.15, 0.2) is 17.5 Å². The minimum atomic E-state index is -3.17. The third kappa shape index (κ3) is 8.13. The van der Waals surface area contributed by atoms with Gasteiger partial charge in [-0.3, -0.25) is 4.99 Å². The van der Waals surface area contributed by atoms with Gasteiger partial charge in [-0.25, -0.2) is 17.5 Å². The molecule has 9 heteroatoms. The number of hydrogen-bond donors (Lipinski definition) is 3. The summed E-state index contributed by atoms with van der Waals surface area (Å²) in [5.41, 5.74) is 0.785. The molecule has 7 nitrogen and oxygen atoms in total. The van der Waals surface area contributed by atoms with Gasteiger partial charge in [-0.05, 0) is 49.8 Å². The molecule has 0 saturated heterocycles. The number of nitrogens with one attached hydrogen (secondary N) is 3. The van der Waals surface area contributed by atoms with Crippen LogP contribution < -0.4 is 20.1 Å². The van der Waals surface area contributed by atoms with Gasteiger partial charge in [0.1, 0.15) is 0 Å². The first kappa shape index (κ1) is 21.4. The van der Waals surface area contributed by atoms with Gasteiger partial charge in [0.25, 0.3) is 0 Å². The Hall–Kier alpha value is -1.87. The zero-order valence-corrected chi connectivity index (χ0v) is 16.9. The molecule has 1 fully saturated rings. The molecule has 1 unspecified atom stereocenters. The van der Waals surface area contributed by atoms with Gasteiger partial charge >= 0.3 is 0 Å². The summed E-state index contributed by atoms with van der Waals surface area (Å²) in [6.45, 7) is 3.40. The molecule has 152 valence electrons. The number of halogens is 1. The van der Waals surface area contributed by atoms with Crippen molar-refractivity contribution in [2.24, 2.45) is 10.9 Å². The van der Waals surface area contributed by atoms with Gasteiger partial charge in [-0.2, -0.15) is 0 Å². The standard InChI is InChI=1S/C18H29FN4O3S/c1-13(23-18(20-2)21-9-4-10-22-27(3,24)25)15-7-8-17(16(19)11-15)26-12-14-5-6-14/h7-8,11,13-14,22H,4-6,9-10,12H2,1-3H3,(H2,20,21,23). The molecule has 2 rings (SSSR count). The van der Waals surface area contributed by atoms with E-state index in [1.54, 1.807) is 13.1 Å². The summed E-state index contributed by atoms with van der Waals surface area (Å²) in [4.78, 5) is 4.13. The molecule has 3 N–H and O–H groups in total. The van der Waals surface area contributed by atoms with Crippen LogP contribution in [0, 0.1) is 11.7 Å². The van der Waals surface area contributed by atoms with E-state index in [-0.39, 0.29) is 11.9 Å². The fourth-order valence-corrected chi connectivity index (χ4v) is 2.95. The predicted molar refractivity (Wildman–Crippen MR) is 105 cm³/mol. The lowest BCUT2D eigenvalue weighted by atomic mass is 10.1. The monoisotopic (exact) mass is 400 g/mol. The highest BCUT2D eigenvalue weighted by Crippen LogP contribution is 2.30. The second-order valence-electron chi connectivity index (χ2n) is 6.83. The molecule has 0 aliphatic heterocycles. The quantitative estimate of drug-likeness (QED) is 0.316. The first-order valence-corrected chi connectivity index (χ1v) is 11.0. The molecule has 27 heavy (non-hydrogen) atoms. The lowest BCUT2D eigenvalue weighted by Crippen LogP contribution is -2.40. The lowest BCUT2D eigenvalue weighted by Gasteiger charge is -2.19. The SMILES string of the molecule is CN=C(NCCCNS(C)(=O)=O)NC(C)c1ccc(OCC2CC2)c(F)c1. The van der Waals surface area contributed by atoms with E-state index in [0.717, 1.165) is 24.7 Å². The van der Waals surface area contributed by atoms with E-state index in [0.29, 0.717) is 43.7 Å². The van der Waals surface area contributed by atoms with Crippen LogP contribution >= 0.6 is 0 Å². The number of guanidine groups is 1. The summed E-state index contributed by atoms with van der Waals surface area (Å²) in [6.07, 6.45) is 4.07. The normalized spacial score (nSPS) is 16.1. The van der Waals surface area contributed by atoms with Crippen LogP contribution in [0.1, 0.15) is 37.8 Å². The van der Waals surface area contributed by atoms with Crippen molar-refractivity contribution in [3.05, 3.63) is 29.6 Å². The Labute approximate surface area is 160 Å². The zero-order valence-electron chi connectivity index (χ0n) is 16.1. The fourth-order valence-electron chi connectivity index (χ4n) is 2.43. The number of ether oxygens (including phenoxy) is 1. The Bertz CT molecular complexity index is 751. The highest BCUT2D eigenvalue weighted by atomic mass is 32.2. The predicted octanol–water partition coefficient (Wildman–Crippen LogP) is 1.78. The van der Waals surface area contributed by atoms with Crippen LogP contribution in [0.15, 0.2) is 23.2 Å². The van der Waals surface area contributed by atoms with Crippen molar-refractivity contribution >= 4 is 16.0 Å². The van der Waals surface area contributed by atoms with Crippen molar-refractivity contribution in [1.29, 1.82) is 0 Å². The van der Waals surface area contributed by atoms with Crippen molar-refractivity contribution in [2.75, 3.05) is 33.0 Å². The second-order valence-corrected chi connectivity index (χ2v) is 8.66. The van der Waals surface area contributed by atoms with E-state index in [1.807, 2.05) is 13.0 Å². The summed E-state index contributed by atoms with van der Waals surface area (Å²) in [6, 6.07) is 4.82. The number of aliphatic imine (C=N–C) groups is 1. The largest absolute Gasteiger partial charge is 0.490 e. The molecular weight excluding hydrogens is 371 g/mol. The molecule has 1 saturated carbocycles. The van der Waals surface area contributed by atoms with Crippen molar-refractivity contribution in [1.82, 2.24) is 15.4 Å². The maximum absolute atomic E-state index is 14.2. The van der Waals surface area contributed by atoms with E-state index in [9.17, 15) is 12.8 Å². The Kier molecular flexibility index (Phi) is 7.85. The number of nitrogens with zero attached hydrogens (tertiary/aromatic N) is 1. The van der Waals surface area contributed by atoms with Gasteiger partial charge in [-0.15, -0.1) is 0 Å². The number of benzene rings is 1. The minimum absolute atomic E-state index is 0.155. The topological polar surface area (TPSA) is 91.8 Å². The van der Waals surface area contributed by atoms with Gasteiger partial charge in [0.05, 0.1) is 18.9 Å². The van der Waals surface area contributed by atoms with Crippen LogP contribution in [0.3, 0.4) is 0 Å². The van der Waals surface area contributed by atoms with Crippen LogP contribution in [-0.2, 0) is 10.0 Å². The molecule has 0 heterocycles. The summed E-state index contributed by atoms with van der Waals surface area (Å²) in [7, 11) is -1.52. The first-order valence-electron chi connectivity index (χ1n) is 9.12. The van der Waals surface area contributed by atoms with Crippen LogP contribution in [0.25, 0.3) is 0 Å². The third-order valence-electron chi connectivity index (χ3n) is 4.21. The van der Waals surface area contributed by atoms with Crippen LogP contribution in [0.2, 0.25) is 0 Å². The molecule has 1 aromatic rings. The Morgan fingerprint density at radius 1 is 1.37 bits per heavy atom. The van der Waals surface area contributed by atoms with Gasteiger partial charge in [0, 0.05) is 20.1 Å². The van der Waals surface area contributed by atoms with E-state index in [1.165, 1.54) is 6.07 Å². The molecule has 0 aromatic heterocycles. The molecule has 1 aliphatic rings. The number of sulfonamides is 1. The molecule has 0 spiro atoms. The van der Waals surface area contributed by atoms with E-state index in [4.69, 9.17) is 4.74 Å². The average Bonchev–Trinajstić information content (AvgIpc) is 3.42. The Morgan fingerprint density at radius 2 is 2.11 bits per heavy atom. The van der Waals surface area contributed by atoms with E-state index in [2.05, 4.69) is 20.3 Å². The molecular formula is C18H29FN4O3S. The maximum atomic E-state index is 14.2. The van der Waals surface area contributed by atoms with Crippen LogP contribution in [-0.4, -0.2) is 47.4 Å². The van der Waals surface area contributed by atoms with Crippen molar-refractivity contribution in [2.45, 2.75) is 32.2 Å². The highest BCUT2D eigenvalue weighted by molar-refractivity contribution is 7.88. The summed E-state index contributed by atoms with van der Waals surface area (Å²) >= 11 is 0. The van der Waals surface area contributed by atoms with Crippen molar-refractivity contribution in [3.63, 3.8) is 0 Å². The molecule has 0 bridgehead atoms. The van der Waals surface area contributed by atoms with Crippen LogP contribution in [0.5, 0.6) is 5.75 Å². The Balaban J connectivity index is 1.79. The molecule has 0 amide bonds. The lowest BCUT2D eigenvalue weighted by molar-refractivity contribution is 0.285. The van der Waals surface area contributed by atoms with E-state index >= 15 is 0 Å². The van der Waals surface area contributed by atoms with Crippen LogP contribution in [0.4, 0.5) is 4.39 Å². The Morgan fingerprint density at radius 3 is 2.70 bits per heavy atom. The maximum Gasteiger partial charge on any atom is 0.208 e. The number of rotatable bonds is 10. The first-order chi connectivity index (χ1) is 12.8. The van der Waals surface area contributed by atoms with Gasteiger partial charge in [-0.1, -0.05) is 6.07 Å². The van der Waals surface area contributed by atoms with Crippen molar-refractivity contribution in [3.8, 4) is 5.75 Å². The van der Waals surface area contributed by atoms with Gasteiger partial charge in [0.2, 0.25) is 10.0 Å². The average molecular weight is 401 g/mol. The van der Waals surface area contributed by atoms with E-state index < -0.39 is 10.0 Å². The molecule has 1 atom stereocenters.